The minimum atomic E-state index is -4.83. The lowest BCUT2D eigenvalue weighted by atomic mass is 10.1. The monoisotopic (exact) mass is 776 g/mol. The first kappa shape index (κ1) is 50.9. The van der Waals surface area contributed by atoms with Crippen molar-refractivity contribution in [3.63, 3.8) is 0 Å². The average molecular weight is 777 g/mol. The molecular weight excluding hydrogens is 707 g/mol. The first-order chi connectivity index (χ1) is 26.1. The van der Waals surface area contributed by atoms with Crippen LogP contribution < -0.4 is 0 Å². The van der Waals surface area contributed by atoms with Crippen LogP contribution in [0.25, 0.3) is 0 Å². The highest BCUT2D eigenvalue weighted by Gasteiger charge is 2.23. The van der Waals surface area contributed by atoms with Gasteiger partial charge in [-0.15, -0.1) is 0 Å². The third-order valence-corrected chi connectivity index (χ3v) is 8.28. The number of ether oxygens (including phenoxy) is 2. The van der Waals surface area contributed by atoms with Crippen molar-refractivity contribution in [3.8, 4) is 0 Å². The number of esters is 2. The van der Waals surface area contributed by atoms with Gasteiger partial charge in [-0.3, -0.25) is 14.1 Å². The van der Waals surface area contributed by atoms with Crippen molar-refractivity contribution in [2.45, 2.75) is 148 Å². The molecule has 0 saturated heterocycles. The third-order valence-electron chi connectivity index (χ3n) is 7.79. The molecule has 306 valence electrons. The Bertz CT molecular complexity index is 1220. The van der Waals surface area contributed by atoms with Crippen LogP contribution in [0, 0.1) is 0 Å². The topological polar surface area (TPSA) is 160 Å². The summed E-state index contributed by atoms with van der Waals surface area (Å²) in [6.07, 6.45) is 43.4. The number of carbonyl (C=O) groups is 2. The van der Waals surface area contributed by atoms with Crippen LogP contribution in [0.3, 0.4) is 0 Å². The normalized spacial score (nSPS) is 14.7. The summed E-state index contributed by atoms with van der Waals surface area (Å²) < 4.78 is 26.2. The summed E-state index contributed by atoms with van der Waals surface area (Å²) >= 11 is 0. The predicted molar refractivity (Wildman–Crippen MR) is 218 cm³/mol. The smallest absolute Gasteiger partial charge is 0.462 e. The summed E-state index contributed by atoms with van der Waals surface area (Å²) in [5, 5.41) is 20.1. The van der Waals surface area contributed by atoms with Gasteiger partial charge >= 0.3 is 19.8 Å². The van der Waals surface area contributed by atoms with Gasteiger partial charge in [0.15, 0.2) is 6.10 Å². The van der Waals surface area contributed by atoms with E-state index in [0.717, 1.165) is 77.0 Å². The van der Waals surface area contributed by atoms with E-state index in [4.69, 9.17) is 19.3 Å². The molecule has 11 heteroatoms. The van der Waals surface area contributed by atoms with Gasteiger partial charge < -0.3 is 29.5 Å². The lowest BCUT2D eigenvalue weighted by Crippen LogP contribution is -2.29. The minimum absolute atomic E-state index is 0.0480. The SMILES string of the molecule is CC/C=C\C/C=C\C/C=C\C/C=C\CCCCCCC(=O)OC[C@H](COP(=O)(O)O)OC(=O)CCC[C@H](O)/C=C/C=C\C/C=C\C=C\[C@H](O)CCCCC. The lowest BCUT2D eigenvalue weighted by molar-refractivity contribution is -0.161. The molecule has 0 aliphatic carbocycles. The molecule has 3 atom stereocenters. The van der Waals surface area contributed by atoms with Crippen molar-refractivity contribution >= 4 is 19.8 Å². The molecule has 0 rings (SSSR count). The fourth-order valence-corrected chi connectivity index (χ4v) is 5.17. The van der Waals surface area contributed by atoms with Crippen molar-refractivity contribution in [3.05, 3.63) is 97.2 Å². The van der Waals surface area contributed by atoms with Crippen molar-refractivity contribution in [2.75, 3.05) is 13.2 Å². The van der Waals surface area contributed by atoms with Crippen LogP contribution in [0.15, 0.2) is 97.2 Å². The zero-order chi connectivity index (χ0) is 40.0. The van der Waals surface area contributed by atoms with Gasteiger partial charge in [0.25, 0.3) is 0 Å². The average Bonchev–Trinajstić information content (AvgIpc) is 3.13. The second kappa shape index (κ2) is 36.8. The Morgan fingerprint density at radius 3 is 1.72 bits per heavy atom. The fraction of sp³-hybridized carbons (Fsp3) is 0.581. The molecule has 10 nitrogen and oxygen atoms in total. The van der Waals surface area contributed by atoms with E-state index in [1.807, 2.05) is 30.4 Å². The van der Waals surface area contributed by atoms with E-state index in [1.165, 1.54) is 0 Å². The Hall–Kier alpha value is -3.11. The second-order valence-electron chi connectivity index (χ2n) is 12.9. The van der Waals surface area contributed by atoms with Gasteiger partial charge in [0.05, 0.1) is 18.8 Å². The molecule has 0 spiro atoms. The molecule has 0 aromatic heterocycles. The quantitative estimate of drug-likeness (QED) is 0.0163. The Morgan fingerprint density at radius 2 is 1.13 bits per heavy atom. The van der Waals surface area contributed by atoms with E-state index < -0.39 is 44.7 Å². The number of phosphoric ester groups is 1. The Labute approximate surface area is 325 Å². The van der Waals surface area contributed by atoms with E-state index >= 15 is 0 Å². The summed E-state index contributed by atoms with van der Waals surface area (Å²) in [7, 11) is -4.83. The Morgan fingerprint density at radius 1 is 0.593 bits per heavy atom. The zero-order valence-electron chi connectivity index (χ0n) is 32.8. The van der Waals surface area contributed by atoms with Crippen molar-refractivity contribution in [1.82, 2.24) is 0 Å². The van der Waals surface area contributed by atoms with E-state index in [-0.39, 0.29) is 19.4 Å². The van der Waals surface area contributed by atoms with Crippen LogP contribution in [0.4, 0.5) is 0 Å². The van der Waals surface area contributed by atoms with Crippen LogP contribution in [-0.2, 0) is 28.2 Å². The minimum Gasteiger partial charge on any atom is -0.462 e. The van der Waals surface area contributed by atoms with E-state index in [9.17, 15) is 24.4 Å². The zero-order valence-corrected chi connectivity index (χ0v) is 33.7. The summed E-state index contributed by atoms with van der Waals surface area (Å²) in [6, 6.07) is 0. The number of unbranched alkanes of at least 4 members (excludes halogenated alkanes) is 6. The molecule has 0 aromatic carbocycles. The standard InChI is InChI=1S/C43H69O10P/c1-3-5-7-8-9-10-11-12-13-14-15-16-17-18-22-25-29-35-42(46)51-37-41(38-52-54(48,49)50)53-43(47)36-30-34-40(45)33-28-24-21-19-20-23-27-32-39(44)31-26-6-4-2/h5,7,9-10,12-13,15-16,20-21,23-24,27-28,32-33,39-41,44-45H,3-4,6,8,11,14,17-19,22,25-26,29-31,34-38H2,1-2H3,(H2,48,49,50)/b7-5-,10-9-,13-12-,16-15-,23-20-,24-21-,32-27+,33-28+/t39-,40-,41-/m1/s1. The van der Waals surface area contributed by atoms with Gasteiger partial charge in [-0.2, -0.15) is 0 Å². The van der Waals surface area contributed by atoms with Crippen molar-refractivity contribution in [2.24, 2.45) is 0 Å². The number of hydrogen-bond donors (Lipinski definition) is 4. The van der Waals surface area contributed by atoms with Gasteiger partial charge in [-0.05, 0) is 70.6 Å². The highest BCUT2D eigenvalue weighted by molar-refractivity contribution is 7.46. The van der Waals surface area contributed by atoms with Gasteiger partial charge in [0.1, 0.15) is 6.61 Å². The highest BCUT2D eigenvalue weighted by Crippen LogP contribution is 2.36. The number of carbonyl (C=O) groups excluding carboxylic acids is 2. The van der Waals surface area contributed by atoms with Gasteiger partial charge in [-0.25, -0.2) is 4.57 Å². The first-order valence-electron chi connectivity index (χ1n) is 19.7. The van der Waals surface area contributed by atoms with E-state index in [1.54, 1.807) is 18.2 Å². The largest absolute Gasteiger partial charge is 0.469 e. The van der Waals surface area contributed by atoms with Crippen LogP contribution in [-0.4, -0.2) is 63.5 Å². The molecule has 4 N–H and O–H groups in total. The summed E-state index contributed by atoms with van der Waals surface area (Å²) in [6.45, 7) is 3.24. The summed E-state index contributed by atoms with van der Waals surface area (Å²) in [5.74, 6) is -1.15. The molecule has 0 aromatic rings. The fourth-order valence-electron chi connectivity index (χ4n) is 4.81. The molecule has 54 heavy (non-hydrogen) atoms. The predicted octanol–water partition coefficient (Wildman–Crippen LogP) is 9.78. The maximum absolute atomic E-state index is 12.4. The maximum atomic E-state index is 12.4. The van der Waals surface area contributed by atoms with Gasteiger partial charge in [0.2, 0.25) is 0 Å². The molecule has 0 bridgehead atoms. The molecular formula is C43H69O10P. The first-order valence-corrected chi connectivity index (χ1v) is 21.3. The summed E-state index contributed by atoms with van der Waals surface area (Å²) in [4.78, 5) is 42.8. The number of phosphoric acid groups is 1. The molecule has 0 fully saturated rings. The molecule has 0 aliphatic rings. The molecule has 0 radical (unpaired) electrons. The van der Waals surface area contributed by atoms with Crippen molar-refractivity contribution < 1.29 is 48.2 Å². The van der Waals surface area contributed by atoms with Gasteiger partial charge in [-0.1, -0.05) is 143 Å². The number of aliphatic hydroxyl groups excluding tert-OH is 2. The van der Waals surface area contributed by atoms with Crippen LogP contribution >= 0.6 is 7.82 Å². The molecule has 0 saturated carbocycles. The highest BCUT2D eigenvalue weighted by atomic mass is 31.2. The maximum Gasteiger partial charge on any atom is 0.469 e. The molecule has 0 amide bonds. The summed E-state index contributed by atoms with van der Waals surface area (Å²) in [5.41, 5.74) is 0. The van der Waals surface area contributed by atoms with Crippen molar-refractivity contribution in [1.29, 1.82) is 0 Å². The number of rotatable bonds is 34. The van der Waals surface area contributed by atoms with Gasteiger partial charge in [0, 0.05) is 12.8 Å². The van der Waals surface area contributed by atoms with Crippen LogP contribution in [0.5, 0.6) is 0 Å². The Balaban J connectivity index is 4.27. The van der Waals surface area contributed by atoms with Crippen LogP contribution in [0.2, 0.25) is 0 Å². The molecule has 0 aliphatic heterocycles. The number of allylic oxidation sites excluding steroid dienone is 14. The third kappa shape index (κ3) is 38.6. The Kier molecular flexibility index (Phi) is 34.7. The molecule has 0 heterocycles. The second-order valence-corrected chi connectivity index (χ2v) is 14.2. The lowest BCUT2D eigenvalue weighted by Gasteiger charge is -2.18. The number of hydrogen-bond acceptors (Lipinski definition) is 8. The number of aliphatic hydroxyl groups is 2. The van der Waals surface area contributed by atoms with Crippen LogP contribution in [0.1, 0.15) is 129 Å². The van der Waals surface area contributed by atoms with E-state index in [2.05, 4.69) is 67.0 Å². The molecule has 0 unspecified atom stereocenters. The van der Waals surface area contributed by atoms with E-state index in [0.29, 0.717) is 25.7 Å².